The summed E-state index contributed by atoms with van der Waals surface area (Å²) in [7, 11) is 0. The average molecular weight is 202 g/mol. The molecule has 0 saturated carbocycles. The minimum absolute atomic E-state index is 0.112. The Balaban J connectivity index is 4.03. The van der Waals surface area contributed by atoms with E-state index in [0.29, 0.717) is 6.42 Å². The van der Waals surface area contributed by atoms with Crippen molar-refractivity contribution in [3.63, 3.8) is 0 Å². The highest BCUT2D eigenvalue weighted by Crippen LogP contribution is 2.04. The number of hydrogen-bond donors (Lipinski definition) is 3. The van der Waals surface area contributed by atoms with Crippen LogP contribution in [0.4, 0.5) is 0 Å². The highest BCUT2D eigenvalue weighted by Gasteiger charge is 2.26. The number of carbonyl (C=O) groups is 2. The highest BCUT2D eigenvalue weighted by molar-refractivity contribution is 5.85. The molecule has 0 aliphatic rings. The van der Waals surface area contributed by atoms with Crippen LogP contribution in [0.5, 0.6) is 0 Å². The summed E-state index contributed by atoms with van der Waals surface area (Å²) in [6.45, 7) is 5.07. The van der Waals surface area contributed by atoms with Gasteiger partial charge < -0.3 is 16.2 Å². The molecule has 0 radical (unpaired) electrons. The molecular formula is C9H18N2O3. The van der Waals surface area contributed by atoms with Gasteiger partial charge in [-0.1, -0.05) is 13.8 Å². The van der Waals surface area contributed by atoms with Gasteiger partial charge in [0.1, 0.15) is 0 Å². The van der Waals surface area contributed by atoms with E-state index >= 15 is 0 Å². The number of nitrogens with one attached hydrogen (secondary N) is 1. The van der Waals surface area contributed by atoms with Crippen LogP contribution in [-0.4, -0.2) is 29.1 Å². The fourth-order valence-electron chi connectivity index (χ4n) is 0.696. The number of nitrogens with two attached hydrogens (primary N) is 1. The highest BCUT2D eigenvalue weighted by atomic mass is 16.4. The molecule has 0 bridgehead atoms. The molecule has 0 aromatic rings. The molecule has 0 fully saturated rings. The molecule has 0 aliphatic carbocycles. The fourth-order valence-corrected chi connectivity index (χ4v) is 0.696. The van der Waals surface area contributed by atoms with Gasteiger partial charge in [0.15, 0.2) is 0 Å². The van der Waals surface area contributed by atoms with Crippen molar-refractivity contribution in [3.05, 3.63) is 0 Å². The zero-order chi connectivity index (χ0) is 11.4. The number of hydrogen-bond acceptors (Lipinski definition) is 3. The van der Waals surface area contributed by atoms with Gasteiger partial charge in [0.05, 0.1) is 11.5 Å². The van der Waals surface area contributed by atoms with E-state index in [1.165, 1.54) is 6.92 Å². The first-order chi connectivity index (χ1) is 6.31. The molecule has 0 aliphatic heterocycles. The van der Waals surface area contributed by atoms with Crippen LogP contribution >= 0.6 is 0 Å². The molecular weight excluding hydrogens is 184 g/mol. The monoisotopic (exact) mass is 202 g/mol. The lowest BCUT2D eigenvalue weighted by molar-refractivity contribution is -0.141. The van der Waals surface area contributed by atoms with E-state index in [-0.39, 0.29) is 12.5 Å². The van der Waals surface area contributed by atoms with E-state index < -0.39 is 17.4 Å². The Morgan fingerprint density at radius 2 is 2.07 bits per heavy atom. The van der Waals surface area contributed by atoms with Crippen molar-refractivity contribution in [2.24, 2.45) is 11.7 Å². The van der Waals surface area contributed by atoms with Crippen LogP contribution in [0.2, 0.25) is 0 Å². The minimum atomic E-state index is -0.930. The van der Waals surface area contributed by atoms with Crippen molar-refractivity contribution in [3.8, 4) is 0 Å². The first-order valence-corrected chi connectivity index (χ1v) is 4.61. The van der Waals surface area contributed by atoms with Gasteiger partial charge in [-0.25, -0.2) is 0 Å². The van der Waals surface area contributed by atoms with E-state index in [1.807, 2.05) is 0 Å². The molecule has 0 spiro atoms. The zero-order valence-corrected chi connectivity index (χ0v) is 8.83. The Kier molecular flexibility index (Phi) is 4.56. The molecule has 82 valence electrons. The van der Waals surface area contributed by atoms with Gasteiger partial charge in [0.25, 0.3) is 0 Å². The quantitative estimate of drug-likeness (QED) is 0.582. The lowest BCUT2D eigenvalue weighted by atomic mass is 9.99. The van der Waals surface area contributed by atoms with Crippen molar-refractivity contribution in [2.75, 3.05) is 6.54 Å². The number of amides is 1. The van der Waals surface area contributed by atoms with Crippen molar-refractivity contribution < 1.29 is 14.7 Å². The third-order valence-corrected chi connectivity index (χ3v) is 2.24. The van der Waals surface area contributed by atoms with Crippen LogP contribution in [0, 0.1) is 5.92 Å². The Labute approximate surface area is 83.7 Å². The Morgan fingerprint density at radius 3 is 2.43 bits per heavy atom. The van der Waals surface area contributed by atoms with E-state index in [1.54, 1.807) is 13.8 Å². The third kappa shape index (κ3) is 3.74. The predicted octanol–water partition coefficient (Wildman–Crippen LogP) is -0.0493. The van der Waals surface area contributed by atoms with Crippen LogP contribution in [0.25, 0.3) is 0 Å². The number of carboxylic acid groups (broad SMARTS) is 1. The van der Waals surface area contributed by atoms with Crippen molar-refractivity contribution in [1.82, 2.24) is 5.32 Å². The van der Waals surface area contributed by atoms with Gasteiger partial charge in [-0.2, -0.15) is 0 Å². The maximum absolute atomic E-state index is 11.4. The standard InChI is InChI=1S/C9H18N2O3/c1-4-9(3,10)8(14)11-5-6(2)7(12)13/h6H,4-5,10H2,1-3H3,(H,11,14)(H,12,13). The summed E-state index contributed by atoms with van der Waals surface area (Å²) in [6, 6.07) is 0. The second kappa shape index (κ2) is 4.95. The first-order valence-electron chi connectivity index (χ1n) is 4.61. The molecule has 2 atom stereocenters. The van der Waals surface area contributed by atoms with Crippen molar-refractivity contribution in [2.45, 2.75) is 32.7 Å². The topological polar surface area (TPSA) is 92.4 Å². The number of carboxylic acids is 1. The molecule has 0 heterocycles. The molecule has 0 aromatic carbocycles. The van der Waals surface area contributed by atoms with Gasteiger partial charge in [-0.15, -0.1) is 0 Å². The predicted molar refractivity (Wildman–Crippen MR) is 52.7 cm³/mol. The van der Waals surface area contributed by atoms with Gasteiger partial charge in [0.2, 0.25) is 5.91 Å². The van der Waals surface area contributed by atoms with Gasteiger partial charge in [-0.05, 0) is 13.3 Å². The van der Waals surface area contributed by atoms with Crippen molar-refractivity contribution >= 4 is 11.9 Å². The van der Waals surface area contributed by atoms with E-state index in [4.69, 9.17) is 10.8 Å². The SMILES string of the molecule is CCC(C)(N)C(=O)NCC(C)C(=O)O. The van der Waals surface area contributed by atoms with E-state index in [9.17, 15) is 9.59 Å². The number of carbonyl (C=O) groups excluding carboxylic acids is 1. The number of rotatable bonds is 5. The second-order valence-corrected chi connectivity index (χ2v) is 3.72. The molecule has 5 nitrogen and oxygen atoms in total. The summed E-state index contributed by atoms with van der Waals surface area (Å²) in [5.74, 6) is -1.83. The normalized spacial score (nSPS) is 16.9. The molecule has 1 amide bonds. The molecule has 5 heteroatoms. The molecule has 2 unspecified atom stereocenters. The Bertz CT molecular complexity index is 226. The lowest BCUT2D eigenvalue weighted by Crippen LogP contribution is -2.52. The van der Waals surface area contributed by atoms with Crippen LogP contribution in [0.3, 0.4) is 0 Å². The summed E-state index contributed by atoms with van der Waals surface area (Å²) < 4.78 is 0. The van der Waals surface area contributed by atoms with Gasteiger partial charge in [-0.3, -0.25) is 9.59 Å². The molecule has 0 rings (SSSR count). The number of aliphatic carboxylic acids is 1. The minimum Gasteiger partial charge on any atom is -0.481 e. The van der Waals surface area contributed by atoms with Gasteiger partial charge in [0, 0.05) is 6.54 Å². The summed E-state index contributed by atoms with van der Waals surface area (Å²) in [5, 5.41) is 11.1. The second-order valence-electron chi connectivity index (χ2n) is 3.72. The average Bonchev–Trinajstić information content (AvgIpc) is 2.13. The summed E-state index contributed by atoms with van der Waals surface area (Å²) in [6.07, 6.45) is 0.514. The van der Waals surface area contributed by atoms with Crippen molar-refractivity contribution in [1.29, 1.82) is 0 Å². The Hall–Kier alpha value is -1.10. The summed E-state index contributed by atoms with van der Waals surface area (Å²) in [5.41, 5.74) is 4.74. The smallest absolute Gasteiger partial charge is 0.308 e. The van der Waals surface area contributed by atoms with Crippen LogP contribution in [0.1, 0.15) is 27.2 Å². The summed E-state index contributed by atoms with van der Waals surface area (Å²) in [4.78, 5) is 21.8. The Morgan fingerprint density at radius 1 is 1.57 bits per heavy atom. The molecule has 0 saturated heterocycles. The largest absolute Gasteiger partial charge is 0.481 e. The van der Waals surface area contributed by atoms with Crippen LogP contribution in [0.15, 0.2) is 0 Å². The maximum Gasteiger partial charge on any atom is 0.308 e. The molecule has 0 aromatic heterocycles. The lowest BCUT2D eigenvalue weighted by Gasteiger charge is -2.22. The first kappa shape index (κ1) is 12.9. The zero-order valence-electron chi connectivity index (χ0n) is 8.83. The van der Waals surface area contributed by atoms with E-state index in [0.717, 1.165) is 0 Å². The third-order valence-electron chi connectivity index (χ3n) is 2.24. The van der Waals surface area contributed by atoms with E-state index in [2.05, 4.69) is 5.32 Å². The van der Waals surface area contributed by atoms with Crippen LogP contribution in [-0.2, 0) is 9.59 Å². The maximum atomic E-state index is 11.4. The molecule has 14 heavy (non-hydrogen) atoms. The van der Waals surface area contributed by atoms with Gasteiger partial charge >= 0.3 is 5.97 Å². The molecule has 4 N–H and O–H groups in total. The van der Waals surface area contributed by atoms with Crippen LogP contribution < -0.4 is 11.1 Å². The fraction of sp³-hybridized carbons (Fsp3) is 0.778. The summed E-state index contributed by atoms with van der Waals surface area (Å²) >= 11 is 0.